The summed E-state index contributed by atoms with van der Waals surface area (Å²) in [5.41, 5.74) is 0. The van der Waals surface area contributed by atoms with Gasteiger partial charge in [0.1, 0.15) is 0 Å². The lowest BCUT2D eigenvalue weighted by Gasteiger charge is -2.05. The molecule has 0 aliphatic carbocycles. The Morgan fingerprint density at radius 2 is 0.647 bits per heavy atom. The Balaban J connectivity index is 1.51. The molecule has 0 unspecified atom stereocenters. The van der Waals surface area contributed by atoms with Crippen LogP contribution in [0.25, 0.3) is 86.2 Å². The molecular formula is C34H18. The van der Waals surface area contributed by atoms with Gasteiger partial charge in [-0.3, -0.25) is 0 Å². The lowest BCUT2D eigenvalue weighted by Crippen LogP contribution is -1.77. The minimum Gasteiger partial charge on any atom is -0.0616 e. The second-order valence-electron chi connectivity index (χ2n) is 9.73. The molecule has 0 heteroatoms. The molecule has 0 aromatic heterocycles. The monoisotopic (exact) mass is 426 g/mol. The van der Waals surface area contributed by atoms with Gasteiger partial charge in [-0.25, -0.2) is 0 Å². The second-order valence-corrected chi connectivity index (χ2v) is 9.73. The Bertz CT molecular complexity index is 2260. The van der Waals surface area contributed by atoms with Crippen LogP contribution in [0.15, 0.2) is 109 Å². The maximum Gasteiger partial charge on any atom is -0.00199 e. The molecule has 0 spiro atoms. The van der Waals surface area contributed by atoms with Crippen molar-refractivity contribution in [3.8, 4) is 0 Å². The highest BCUT2D eigenvalue weighted by Crippen LogP contribution is 2.45. The molecule has 0 atom stereocenters. The molecule has 0 aliphatic rings. The second kappa shape index (κ2) is 5.73. The predicted octanol–water partition coefficient (Wildman–Crippen LogP) is 9.79. The molecule has 0 fully saturated rings. The maximum atomic E-state index is 2.43. The first-order valence-electron chi connectivity index (χ1n) is 11.9. The molecule has 0 amide bonds. The molecule has 0 saturated heterocycles. The van der Waals surface area contributed by atoms with Gasteiger partial charge < -0.3 is 0 Å². The molecule has 0 aliphatic heterocycles. The van der Waals surface area contributed by atoms with Crippen molar-refractivity contribution < 1.29 is 0 Å². The van der Waals surface area contributed by atoms with Crippen LogP contribution in [0.3, 0.4) is 0 Å². The van der Waals surface area contributed by atoms with Crippen molar-refractivity contribution in [1.29, 1.82) is 0 Å². The first-order chi connectivity index (χ1) is 16.8. The van der Waals surface area contributed by atoms with Crippen molar-refractivity contribution in [3.63, 3.8) is 0 Å². The van der Waals surface area contributed by atoms with Crippen LogP contribution in [-0.2, 0) is 0 Å². The van der Waals surface area contributed by atoms with Gasteiger partial charge in [0.25, 0.3) is 0 Å². The van der Waals surface area contributed by atoms with Gasteiger partial charge in [0.05, 0.1) is 0 Å². The fraction of sp³-hybridized carbons (Fsp3) is 0. The van der Waals surface area contributed by atoms with Gasteiger partial charge in [-0.05, 0) is 117 Å². The SMILES string of the molecule is c1ccc2c(c1)cc1c3cc4cc5c(cc4cc3c3cccc2c31)c1cccc2cccc5c21. The molecule has 0 nitrogen and oxygen atoms in total. The Hall–Kier alpha value is -4.42. The van der Waals surface area contributed by atoms with Crippen molar-refractivity contribution >= 4 is 86.2 Å². The highest BCUT2D eigenvalue weighted by Gasteiger charge is 2.16. The smallest absolute Gasteiger partial charge is 0.00199 e. The van der Waals surface area contributed by atoms with E-state index in [-0.39, 0.29) is 0 Å². The Morgan fingerprint density at radius 1 is 0.235 bits per heavy atom. The first-order valence-corrected chi connectivity index (χ1v) is 11.9. The summed E-state index contributed by atoms with van der Waals surface area (Å²) < 4.78 is 0. The van der Waals surface area contributed by atoms with Gasteiger partial charge in [-0.15, -0.1) is 0 Å². The van der Waals surface area contributed by atoms with Crippen LogP contribution in [0.2, 0.25) is 0 Å². The molecule has 9 rings (SSSR count). The molecule has 0 bridgehead atoms. The number of rotatable bonds is 0. The molecule has 154 valence electrons. The Morgan fingerprint density at radius 3 is 1.29 bits per heavy atom. The van der Waals surface area contributed by atoms with Crippen LogP contribution in [-0.4, -0.2) is 0 Å². The molecule has 0 heterocycles. The first kappa shape index (κ1) is 17.1. The summed E-state index contributed by atoms with van der Waals surface area (Å²) in [6.45, 7) is 0. The molecule has 0 radical (unpaired) electrons. The summed E-state index contributed by atoms with van der Waals surface area (Å²) >= 11 is 0. The van der Waals surface area contributed by atoms with Gasteiger partial charge in [0.2, 0.25) is 0 Å². The van der Waals surface area contributed by atoms with E-state index < -0.39 is 0 Å². The summed E-state index contributed by atoms with van der Waals surface area (Å²) in [5, 5.41) is 21.6. The highest BCUT2D eigenvalue weighted by molar-refractivity contribution is 6.37. The summed E-state index contributed by atoms with van der Waals surface area (Å²) in [5.74, 6) is 0. The largest absolute Gasteiger partial charge is 0.0616 e. The quantitative estimate of drug-likeness (QED) is 0.212. The standard InChI is InChI=1S/C34H18/c1-2-9-23-20(6-1)14-32-31-18-22-16-29-26-11-4-8-19-7-3-10-25(33(19)26)28(29)15-21(22)17-30(31)27-13-5-12-24(23)34(27)32/h1-18H. The van der Waals surface area contributed by atoms with Gasteiger partial charge in [-0.1, -0.05) is 78.9 Å². The van der Waals surface area contributed by atoms with Gasteiger partial charge in [0.15, 0.2) is 0 Å². The number of benzene rings is 7. The highest BCUT2D eigenvalue weighted by atomic mass is 14.2. The lowest BCUT2D eigenvalue weighted by molar-refractivity contribution is 1.82. The average Bonchev–Trinajstić information content (AvgIpc) is 3.36. The molecule has 0 saturated carbocycles. The van der Waals surface area contributed by atoms with Crippen LogP contribution in [0.4, 0.5) is 0 Å². The van der Waals surface area contributed by atoms with E-state index in [2.05, 4.69) is 109 Å². The van der Waals surface area contributed by atoms with Crippen molar-refractivity contribution in [2.24, 2.45) is 0 Å². The van der Waals surface area contributed by atoms with Crippen LogP contribution >= 0.6 is 0 Å². The fourth-order valence-corrected chi connectivity index (χ4v) is 6.63. The van der Waals surface area contributed by atoms with Crippen molar-refractivity contribution in [3.05, 3.63) is 109 Å². The molecule has 9 aromatic rings. The zero-order valence-corrected chi connectivity index (χ0v) is 18.4. The van der Waals surface area contributed by atoms with Crippen molar-refractivity contribution in [1.82, 2.24) is 0 Å². The number of hydrogen-bond acceptors (Lipinski definition) is 0. The molecule has 9 aromatic carbocycles. The predicted molar refractivity (Wildman–Crippen MR) is 149 cm³/mol. The van der Waals surface area contributed by atoms with E-state index in [1.165, 1.54) is 86.2 Å². The topological polar surface area (TPSA) is 0 Å². The lowest BCUT2D eigenvalue weighted by atomic mass is 9.99. The summed E-state index contributed by atoms with van der Waals surface area (Å²) in [6.07, 6.45) is 0. The van der Waals surface area contributed by atoms with E-state index >= 15 is 0 Å². The van der Waals surface area contributed by atoms with Crippen LogP contribution in [0, 0.1) is 0 Å². The van der Waals surface area contributed by atoms with E-state index in [1.807, 2.05) is 0 Å². The van der Waals surface area contributed by atoms with E-state index in [9.17, 15) is 0 Å². The van der Waals surface area contributed by atoms with E-state index in [0.29, 0.717) is 0 Å². The molecule has 0 N–H and O–H groups in total. The minimum atomic E-state index is 1.31. The normalized spacial score (nSPS) is 12.7. The third kappa shape index (κ3) is 1.93. The summed E-state index contributed by atoms with van der Waals surface area (Å²) in [7, 11) is 0. The van der Waals surface area contributed by atoms with Gasteiger partial charge in [-0.2, -0.15) is 0 Å². The van der Waals surface area contributed by atoms with Crippen LogP contribution in [0.5, 0.6) is 0 Å². The third-order valence-electron chi connectivity index (χ3n) is 8.06. The van der Waals surface area contributed by atoms with E-state index in [4.69, 9.17) is 0 Å². The third-order valence-corrected chi connectivity index (χ3v) is 8.06. The zero-order valence-electron chi connectivity index (χ0n) is 18.4. The number of fused-ring (bicyclic) bond motifs is 9. The van der Waals surface area contributed by atoms with Gasteiger partial charge in [0, 0.05) is 0 Å². The Kier molecular flexibility index (Phi) is 2.88. The number of hydrogen-bond donors (Lipinski definition) is 0. The average molecular weight is 427 g/mol. The van der Waals surface area contributed by atoms with Crippen molar-refractivity contribution in [2.75, 3.05) is 0 Å². The van der Waals surface area contributed by atoms with Crippen LogP contribution < -0.4 is 0 Å². The molecule has 34 heavy (non-hydrogen) atoms. The molecular weight excluding hydrogens is 408 g/mol. The maximum absolute atomic E-state index is 2.43. The van der Waals surface area contributed by atoms with E-state index in [1.54, 1.807) is 0 Å². The minimum absolute atomic E-state index is 1.31. The Labute approximate surface area is 195 Å². The zero-order chi connectivity index (χ0) is 22.0. The van der Waals surface area contributed by atoms with Crippen molar-refractivity contribution in [2.45, 2.75) is 0 Å². The van der Waals surface area contributed by atoms with E-state index in [0.717, 1.165) is 0 Å². The summed E-state index contributed by atoms with van der Waals surface area (Å²) in [4.78, 5) is 0. The summed E-state index contributed by atoms with van der Waals surface area (Å²) in [6, 6.07) is 41.0. The van der Waals surface area contributed by atoms with Gasteiger partial charge >= 0.3 is 0 Å². The van der Waals surface area contributed by atoms with Crippen LogP contribution in [0.1, 0.15) is 0 Å². The fourth-order valence-electron chi connectivity index (χ4n) is 6.63.